The fraction of sp³-hybridized carbons (Fsp3) is 0.154. The van der Waals surface area contributed by atoms with Crippen molar-refractivity contribution in [1.29, 1.82) is 0 Å². The second-order valence-corrected chi connectivity index (χ2v) is 4.64. The summed E-state index contributed by atoms with van der Waals surface area (Å²) < 4.78 is 5.10. The number of anilines is 1. The van der Waals surface area contributed by atoms with E-state index < -0.39 is 12.0 Å². The molecule has 0 aliphatic heterocycles. The average Bonchev–Trinajstić information content (AvgIpc) is 2.89. The highest BCUT2D eigenvalue weighted by Gasteiger charge is 2.20. The van der Waals surface area contributed by atoms with Gasteiger partial charge < -0.3 is 15.2 Å². The number of carboxylic acid groups (broad SMARTS) is 1. The van der Waals surface area contributed by atoms with E-state index in [0.29, 0.717) is 5.75 Å². The molecule has 0 spiro atoms. The summed E-state index contributed by atoms with van der Waals surface area (Å²) in [7, 11) is 1.58. The Balaban J connectivity index is 2.21. The first kappa shape index (κ1) is 12.4. The van der Waals surface area contributed by atoms with E-state index in [4.69, 9.17) is 4.74 Å². The van der Waals surface area contributed by atoms with E-state index in [9.17, 15) is 9.90 Å². The van der Waals surface area contributed by atoms with Crippen LogP contribution in [-0.2, 0) is 4.79 Å². The Morgan fingerprint density at radius 2 is 2.22 bits per heavy atom. The zero-order chi connectivity index (χ0) is 13.0. The zero-order valence-electron chi connectivity index (χ0n) is 9.79. The summed E-state index contributed by atoms with van der Waals surface area (Å²) in [5.41, 5.74) is 0.718. The van der Waals surface area contributed by atoms with Crippen molar-refractivity contribution in [3.05, 3.63) is 46.7 Å². The fourth-order valence-corrected chi connectivity index (χ4v) is 2.36. The fourth-order valence-electron chi connectivity index (χ4n) is 1.59. The van der Waals surface area contributed by atoms with Crippen LogP contribution in [0, 0.1) is 0 Å². The van der Waals surface area contributed by atoms with Crippen LogP contribution >= 0.6 is 11.3 Å². The zero-order valence-corrected chi connectivity index (χ0v) is 10.6. The van der Waals surface area contributed by atoms with Crippen LogP contribution in [0.25, 0.3) is 0 Å². The van der Waals surface area contributed by atoms with Crippen LogP contribution in [0.1, 0.15) is 10.9 Å². The minimum atomic E-state index is -0.903. The Kier molecular flexibility index (Phi) is 3.84. The number of hydrogen-bond donors (Lipinski definition) is 2. The molecule has 0 radical (unpaired) electrons. The van der Waals surface area contributed by atoms with Crippen molar-refractivity contribution in [3.63, 3.8) is 0 Å². The number of carboxylic acids is 1. The van der Waals surface area contributed by atoms with E-state index in [-0.39, 0.29) is 0 Å². The summed E-state index contributed by atoms with van der Waals surface area (Å²) in [5, 5.41) is 14.1. The van der Waals surface area contributed by atoms with Gasteiger partial charge in [0.2, 0.25) is 0 Å². The molecule has 0 aliphatic rings. The topological polar surface area (TPSA) is 58.6 Å². The van der Waals surface area contributed by atoms with Crippen molar-refractivity contribution >= 4 is 23.0 Å². The van der Waals surface area contributed by atoms with E-state index in [2.05, 4.69) is 5.32 Å². The van der Waals surface area contributed by atoms with Gasteiger partial charge in [-0.1, -0.05) is 12.1 Å². The van der Waals surface area contributed by atoms with E-state index in [0.717, 1.165) is 10.6 Å². The number of nitrogens with one attached hydrogen (secondary N) is 1. The largest absolute Gasteiger partial charge is 0.497 e. The molecular formula is C13H13NO3S. The van der Waals surface area contributed by atoms with Gasteiger partial charge in [0.05, 0.1) is 7.11 Å². The number of hydrogen-bond acceptors (Lipinski definition) is 4. The monoisotopic (exact) mass is 263 g/mol. The maximum Gasteiger partial charge on any atom is 0.331 e. The molecule has 94 valence electrons. The Bertz CT molecular complexity index is 525. The molecule has 5 heteroatoms. The van der Waals surface area contributed by atoms with E-state index in [1.54, 1.807) is 19.2 Å². The summed E-state index contributed by atoms with van der Waals surface area (Å²) in [6.45, 7) is 0. The number of benzene rings is 1. The molecule has 2 aromatic rings. The van der Waals surface area contributed by atoms with Gasteiger partial charge in [0.15, 0.2) is 6.04 Å². The summed E-state index contributed by atoms with van der Waals surface area (Å²) in [4.78, 5) is 12.0. The lowest BCUT2D eigenvalue weighted by Gasteiger charge is -2.14. The highest BCUT2D eigenvalue weighted by molar-refractivity contribution is 7.10. The summed E-state index contributed by atoms with van der Waals surface area (Å²) in [6.07, 6.45) is 0. The molecule has 0 aliphatic carbocycles. The number of rotatable bonds is 5. The molecule has 0 bridgehead atoms. The molecule has 1 aromatic heterocycles. The van der Waals surface area contributed by atoms with Crippen LogP contribution < -0.4 is 10.1 Å². The van der Waals surface area contributed by atoms with E-state index >= 15 is 0 Å². The second kappa shape index (κ2) is 5.55. The molecule has 4 nitrogen and oxygen atoms in total. The Morgan fingerprint density at radius 3 is 2.83 bits per heavy atom. The summed E-state index contributed by atoms with van der Waals surface area (Å²) in [5.74, 6) is -0.212. The highest BCUT2D eigenvalue weighted by atomic mass is 32.1. The Morgan fingerprint density at radius 1 is 1.39 bits per heavy atom. The van der Waals surface area contributed by atoms with Crippen molar-refractivity contribution in [2.75, 3.05) is 12.4 Å². The van der Waals surface area contributed by atoms with Gasteiger partial charge in [0.1, 0.15) is 5.75 Å². The van der Waals surface area contributed by atoms with Gasteiger partial charge >= 0.3 is 5.97 Å². The lowest BCUT2D eigenvalue weighted by Crippen LogP contribution is -2.19. The van der Waals surface area contributed by atoms with Crippen molar-refractivity contribution < 1.29 is 14.6 Å². The van der Waals surface area contributed by atoms with Gasteiger partial charge in [-0.3, -0.25) is 0 Å². The lowest BCUT2D eigenvalue weighted by atomic mass is 10.2. The van der Waals surface area contributed by atoms with E-state index in [1.807, 2.05) is 29.6 Å². The van der Waals surface area contributed by atoms with Crippen molar-refractivity contribution in [2.45, 2.75) is 6.04 Å². The SMILES string of the molecule is COc1cccc(N[C@@H](C(=O)O)c2cccs2)c1. The van der Waals surface area contributed by atoms with Crippen LogP contribution in [-0.4, -0.2) is 18.2 Å². The first-order valence-corrected chi connectivity index (χ1v) is 6.25. The van der Waals surface area contributed by atoms with Crippen LogP contribution in [0.3, 0.4) is 0 Å². The summed E-state index contributed by atoms with van der Waals surface area (Å²) in [6, 6.07) is 10.1. The quantitative estimate of drug-likeness (QED) is 0.870. The molecule has 18 heavy (non-hydrogen) atoms. The molecule has 0 saturated carbocycles. The third-order valence-electron chi connectivity index (χ3n) is 2.46. The Hall–Kier alpha value is -2.01. The van der Waals surface area contributed by atoms with Crippen LogP contribution in [0.5, 0.6) is 5.75 Å². The number of ether oxygens (including phenoxy) is 1. The minimum absolute atomic E-state index is 0.690. The molecule has 2 N–H and O–H groups in total. The van der Waals surface area contributed by atoms with Gasteiger partial charge in [0, 0.05) is 16.6 Å². The van der Waals surface area contributed by atoms with Crippen molar-refractivity contribution in [3.8, 4) is 5.75 Å². The van der Waals surface area contributed by atoms with Gasteiger partial charge in [-0.05, 0) is 23.6 Å². The molecule has 1 atom stereocenters. The lowest BCUT2D eigenvalue weighted by molar-refractivity contribution is -0.138. The first-order valence-electron chi connectivity index (χ1n) is 5.37. The Labute approximate surface area is 109 Å². The van der Waals surface area contributed by atoms with E-state index in [1.165, 1.54) is 11.3 Å². The molecule has 1 aromatic carbocycles. The third-order valence-corrected chi connectivity index (χ3v) is 3.39. The maximum atomic E-state index is 11.3. The second-order valence-electron chi connectivity index (χ2n) is 3.66. The first-order chi connectivity index (χ1) is 8.70. The molecular weight excluding hydrogens is 250 g/mol. The van der Waals surface area contributed by atoms with Gasteiger partial charge in [-0.2, -0.15) is 0 Å². The number of methoxy groups -OCH3 is 1. The normalized spacial score (nSPS) is 11.8. The van der Waals surface area contributed by atoms with Gasteiger partial charge in [-0.15, -0.1) is 11.3 Å². The van der Waals surface area contributed by atoms with Crippen LogP contribution in [0.4, 0.5) is 5.69 Å². The summed E-state index contributed by atoms with van der Waals surface area (Å²) >= 11 is 1.41. The molecule has 0 saturated heterocycles. The number of thiophene rings is 1. The predicted octanol–water partition coefficient (Wildman–Crippen LogP) is 2.99. The molecule has 0 amide bonds. The van der Waals surface area contributed by atoms with Gasteiger partial charge in [-0.25, -0.2) is 4.79 Å². The van der Waals surface area contributed by atoms with Crippen LogP contribution in [0.2, 0.25) is 0 Å². The van der Waals surface area contributed by atoms with Gasteiger partial charge in [0.25, 0.3) is 0 Å². The smallest absolute Gasteiger partial charge is 0.331 e. The van der Waals surface area contributed by atoms with Crippen molar-refractivity contribution in [1.82, 2.24) is 0 Å². The molecule has 0 unspecified atom stereocenters. The molecule has 0 fully saturated rings. The maximum absolute atomic E-state index is 11.3. The third kappa shape index (κ3) is 2.81. The minimum Gasteiger partial charge on any atom is -0.497 e. The molecule has 1 heterocycles. The number of aliphatic carboxylic acids is 1. The molecule has 2 rings (SSSR count). The number of carbonyl (C=O) groups is 1. The highest BCUT2D eigenvalue weighted by Crippen LogP contribution is 2.25. The van der Waals surface area contributed by atoms with Crippen molar-refractivity contribution in [2.24, 2.45) is 0 Å². The average molecular weight is 263 g/mol. The standard InChI is InChI=1S/C13H13NO3S/c1-17-10-5-2-4-9(8-10)14-12(13(15)16)11-6-3-7-18-11/h2-8,12,14H,1H3,(H,15,16)/t12-/m1/s1. The van der Waals surface area contributed by atoms with Crippen LogP contribution in [0.15, 0.2) is 41.8 Å². The predicted molar refractivity (Wildman–Crippen MR) is 71.3 cm³/mol.